The number of nitrogens with one attached hydrogen (secondary N) is 2. The lowest BCUT2D eigenvalue weighted by Gasteiger charge is -2.46. The Labute approximate surface area is 257 Å². The number of halogens is 1. The van der Waals surface area contributed by atoms with E-state index in [4.69, 9.17) is 21.3 Å². The van der Waals surface area contributed by atoms with E-state index < -0.39 is 22.0 Å². The molecule has 0 bridgehead atoms. The number of carbonyl (C=O) groups is 1. The largest absolute Gasteiger partial charge is 0.381 e. The second kappa shape index (κ2) is 12.0. The van der Waals surface area contributed by atoms with Gasteiger partial charge >= 0.3 is 0 Å². The number of hydrogen-bond acceptors (Lipinski definition) is 9. The number of methoxy groups -OCH3 is 1. The Kier molecular flexibility index (Phi) is 8.75. The summed E-state index contributed by atoms with van der Waals surface area (Å²) in [6.45, 7) is 5.46. The van der Waals surface area contributed by atoms with Gasteiger partial charge in [0.05, 0.1) is 35.0 Å². The fraction of sp³-hybridized carbons (Fsp3) is 0.533. The van der Waals surface area contributed by atoms with Crippen LogP contribution in [-0.4, -0.2) is 61.4 Å². The smallest absolute Gasteiger partial charge is 0.285 e. The Morgan fingerprint density at radius 3 is 2.44 bits per heavy atom. The quantitative estimate of drug-likeness (QED) is 0.366. The molecule has 2 fully saturated rings. The number of anilines is 2. The maximum Gasteiger partial charge on any atom is 0.285 e. The Bertz CT molecular complexity index is 1710. The van der Waals surface area contributed by atoms with Crippen molar-refractivity contribution in [3.8, 4) is 0 Å². The zero-order chi connectivity index (χ0) is 31.1. The minimum atomic E-state index is -3.82. The van der Waals surface area contributed by atoms with Crippen LogP contribution in [0, 0.1) is 12.3 Å². The van der Waals surface area contributed by atoms with E-state index in [0.717, 1.165) is 56.2 Å². The molecule has 232 valence electrons. The number of carbonyl (C=O) groups excluding carboxylic acids is 1. The summed E-state index contributed by atoms with van der Waals surface area (Å²) in [6, 6.07) is 6.47. The first kappa shape index (κ1) is 31.2. The molecular weight excluding hydrogens is 592 g/mol. The monoisotopic (exact) mass is 630 g/mol. The van der Waals surface area contributed by atoms with E-state index in [1.807, 2.05) is 30.7 Å². The third-order valence-electron chi connectivity index (χ3n) is 8.96. The summed E-state index contributed by atoms with van der Waals surface area (Å²) >= 11 is 6.04. The van der Waals surface area contributed by atoms with Crippen LogP contribution in [0.4, 0.5) is 11.6 Å². The van der Waals surface area contributed by atoms with Gasteiger partial charge < -0.3 is 15.0 Å². The summed E-state index contributed by atoms with van der Waals surface area (Å²) in [7, 11) is -0.253. The van der Waals surface area contributed by atoms with Crippen molar-refractivity contribution in [2.75, 3.05) is 36.7 Å². The van der Waals surface area contributed by atoms with Gasteiger partial charge in [0.15, 0.2) is 5.69 Å². The van der Waals surface area contributed by atoms with Gasteiger partial charge in [-0.1, -0.05) is 17.7 Å². The molecule has 1 aromatic carbocycles. The SMILES string of the molecule is COC1CCC2(CC1)CCN(c1nc3c([C@@H](C)Nc4ccc(Cl)nc4C(=O)NS(C)(=O)=O)cc(C)cc3c(=O)n1C)CC2. The Morgan fingerprint density at radius 1 is 1.14 bits per heavy atom. The summed E-state index contributed by atoms with van der Waals surface area (Å²) in [5, 5.41) is 3.82. The molecule has 1 amide bonds. The molecule has 5 rings (SSSR count). The number of nitrogens with zero attached hydrogens (tertiary/aromatic N) is 4. The highest BCUT2D eigenvalue weighted by Gasteiger charge is 2.39. The Balaban J connectivity index is 1.46. The van der Waals surface area contributed by atoms with Crippen LogP contribution in [0.3, 0.4) is 0 Å². The van der Waals surface area contributed by atoms with Crippen LogP contribution in [0.1, 0.15) is 73.1 Å². The van der Waals surface area contributed by atoms with Crippen molar-refractivity contribution in [3.05, 3.63) is 56.6 Å². The van der Waals surface area contributed by atoms with Crippen LogP contribution in [0.2, 0.25) is 5.15 Å². The number of hydrogen-bond donors (Lipinski definition) is 2. The lowest BCUT2D eigenvalue weighted by Crippen LogP contribution is -2.44. The summed E-state index contributed by atoms with van der Waals surface area (Å²) in [6.07, 6.45) is 7.88. The highest BCUT2D eigenvalue weighted by molar-refractivity contribution is 7.89. The van der Waals surface area contributed by atoms with Gasteiger partial charge in [-0.3, -0.25) is 14.2 Å². The van der Waals surface area contributed by atoms with Crippen molar-refractivity contribution in [1.82, 2.24) is 19.3 Å². The van der Waals surface area contributed by atoms with E-state index >= 15 is 0 Å². The summed E-state index contributed by atoms with van der Waals surface area (Å²) < 4.78 is 32.6. The van der Waals surface area contributed by atoms with Crippen LogP contribution >= 0.6 is 11.6 Å². The average molecular weight is 631 g/mol. The maximum atomic E-state index is 13.7. The minimum Gasteiger partial charge on any atom is -0.381 e. The molecule has 1 saturated heterocycles. The van der Waals surface area contributed by atoms with Crippen LogP contribution < -0.4 is 20.5 Å². The highest BCUT2D eigenvalue weighted by atomic mass is 35.5. The Morgan fingerprint density at radius 2 is 1.81 bits per heavy atom. The maximum absolute atomic E-state index is 13.7. The van der Waals surface area contributed by atoms with E-state index in [9.17, 15) is 18.0 Å². The molecule has 11 nitrogen and oxygen atoms in total. The van der Waals surface area contributed by atoms with E-state index in [1.165, 1.54) is 18.9 Å². The average Bonchev–Trinajstić information content (AvgIpc) is 2.96. The van der Waals surface area contributed by atoms with Crippen LogP contribution in [0.25, 0.3) is 10.9 Å². The van der Waals surface area contributed by atoms with Crippen molar-refractivity contribution >= 4 is 50.1 Å². The molecule has 3 aromatic rings. The van der Waals surface area contributed by atoms with Crippen molar-refractivity contribution in [1.29, 1.82) is 0 Å². The van der Waals surface area contributed by atoms with Crippen molar-refractivity contribution in [3.63, 3.8) is 0 Å². The van der Waals surface area contributed by atoms with Crippen molar-refractivity contribution < 1.29 is 17.9 Å². The first-order valence-electron chi connectivity index (χ1n) is 14.5. The summed E-state index contributed by atoms with van der Waals surface area (Å²) in [4.78, 5) is 37.8. The molecule has 0 unspecified atom stereocenters. The number of ether oxygens (including phenoxy) is 1. The molecule has 1 aliphatic heterocycles. The van der Waals surface area contributed by atoms with Crippen molar-refractivity contribution in [2.45, 2.75) is 64.5 Å². The zero-order valence-electron chi connectivity index (χ0n) is 25.2. The predicted molar refractivity (Wildman–Crippen MR) is 168 cm³/mol. The van der Waals surface area contributed by atoms with Gasteiger partial charge in [0.1, 0.15) is 5.15 Å². The normalized spacial score (nSPS) is 18.1. The molecule has 2 N–H and O–H groups in total. The molecule has 1 saturated carbocycles. The topological polar surface area (TPSA) is 136 Å². The number of aryl methyl sites for hydroxylation is 1. The van der Waals surface area contributed by atoms with Gasteiger partial charge in [0, 0.05) is 32.8 Å². The second-order valence-electron chi connectivity index (χ2n) is 12.0. The standard InChI is InChI=1S/C30H39ClN6O5S/c1-18-16-21(19(2)32-23-6-7-24(31)33-26(23)27(38)35-43(5,40)41)25-22(17-18)28(39)36(3)29(34-25)37-14-12-30(13-15-37)10-8-20(42-4)9-11-30/h6-7,16-17,19-20,32H,8-15H2,1-5H3,(H,35,38)/t19-/m1/s1. The van der Waals surface area contributed by atoms with Gasteiger partial charge in [0.25, 0.3) is 11.5 Å². The highest BCUT2D eigenvalue weighted by Crippen LogP contribution is 2.45. The minimum absolute atomic E-state index is 0.0442. The van der Waals surface area contributed by atoms with Gasteiger partial charge in [0.2, 0.25) is 16.0 Å². The first-order valence-corrected chi connectivity index (χ1v) is 16.8. The lowest BCUT2D eigenvalue weighted by atomic mass is 9.67. The fourth-order valence-electron chi connectivity index (χ4n) is 6.53. The van der Waals surface area contributed by atoms with Gasteiger partial charge in [-0.2, -0.15) is 0 Å². The second-order valence-corrected chi connectivity index (χ2v) is 14.2. The molecule has 1 atom stereocenters. The zero-order valence-corrected chi connectivity index (χ0v) is 26.8. The molecule has 2 aromatic heterocycles. The molecular formula is C30H39ClN6O5S. The number of amides is 1. The number of piperidine rings is 1. The molecule has 13 heteroatoms. The third-order valence-corrected chi connectivity index (χ3v) is 9.72. The van der Waals surface area contributed by atoms with Crippen LogP contribution in [0.15, 0.2) is 29.1 Å². The van der Waals surface area contributed by atoms with Gasteiger partial charge in [-0.15, -0.1) is 0 Å². The van der Waals surface area contributed by atoms with Crippen molar-refractivity contribution in [2.24, 2.45) is 12.5 Å². The third kappa shape index (κ3) is 6.66. The van der Waals surface area contributed by atoms with Crippen LogP contribution in [0.5, 0.6) is 0 Å². The van der Waals surface area contributed by atoms with E-state index in [1.54, 1.807) is 24.8 Å². The summed E-state index contributed by atoms with van der Waals surface area (Å²) in [5.74, 6) is -0.265. The van der Waals surface area contributed by atoms with Crippen LogP contribution in [-0.2, 0) is 21.8 Å². The predicted octanol–water partition coefficient (Wildman–Crippen LogP) is 4.33. The molecule has 3 heterocycles. The lowest BCUT2D eigenvalue weighted by molar-refractivity contribution is 0.0168. The molecule has 43 heavy (non-hydrogen) atoms. The number of aromatic nitrogens is 3. The van der Waals surface area contributed by atoms with E-state index in [2.05, 4.69) is 15.2 Å². The first-order chi connectivity index (χ1) is 20.3. The number of sulfonamides is 1. The van der Waals surface area contributed by atoms with E-state index in [-0.39, 0.29) is 16.4 Å². The number of benzene rings is 1. The van der Waals surface area contributed by atoms with Gasteiger partial charge in [-0.05, 0) is 81.5 Å². The number of rotatable bonds is 7. The van der Waals surface area contributed by atoms with E-state index in [0.29, 0.717) is 34.1 Å². The fourth-order valence-corrected chi connectivity index (χ4v) is 7.11. The molecule has 2 aliphatic rings. The number of pyridine rings is 1. The molecule has 1 aliphatic carbocycles. The van der Waals surface area contributed by atoms with Gasteiger partial charge in [-0.25, -0.2) is 23.1 Å². The Hall–Kier alpha value is -3.22. The summed E-state index contributed by atoms with van der Waals surface area (Å²) in [5.41, 5.74) is 2.57. The number of fused-ring (bicyclic) bond motifs is 1. The molecule has 0 radical (unpaired) electrons. The molecule has 1 spiro atoms.